The zero-order valence-corrected chi connectivity index (χ0v) is 8.45. The largest absolute Gasteiger partial charge is 0.356 e. The van der Waals surface area contributed by atoms with Crippen LogP contribution in [0.1, 0.15) is 18.1 Å². The lowest BCUT2D eigenvalue weighted by Gasteiger charge is -2.06. The van der Waals surface area contributed by atoms with E-state index in [0.717, 1.165) is 17.7 Å². The molecule has 0 saturated carbocycles. The van der Waals surface area contributed by atoms with Gasteiger partial charge in [-0.3, -0.25) is 0 Å². The molecule has 0 fully saturated rings. The zero-order chi connectivity index (χ0) is 9.97. The Labute approximate surface area is 83.5 Å². The summed E-state index contributed by atoms with van der Waals surface area (Å²) in [6, 6.07) is 8.16. The Kier molecular flexibility index (Phi) is 2.35. The third-order valence-electron chi connectivity index (χ3n) is 2.53. The summed E-state index contributed by atoms with van der Waals surface area (Å²) in [6.45, 7) is 4.28. The number of benzene rings is 1. The average molecular weight is 187 g/mol. The molecule has 0 amide bonds. The van der Waals surface area contributed by atoms with E-state index in [1.54, 1.807) is 6.20 Å². The van der Waals surface area contributed by atoms with Crippen LogP contribution in [0.3, 0.4) is 0 Å². The summed E-state index contributed by atoms with van der Waals surface area (Å²) < 4.78 is 5.15. The van der Waals surface area contributed by atoms with Gasteiger partial charge < -0.3 is 4.52 Å². The molecule has 0 aliphatic carbocycles. The monoisotopic (exact) mass is 187 g/mol. The van der Waals surface area contributed by atoms with Gasteiger partial charge in [0.1, 0.15) is 0 Å². The molecular weight excluding hydrogens is 174 g/mol. The fourth-order valence-electron chi connectivity index (χ4n) is 1.69. The number of hydrogen-bond donors (Lipinski definition) is 0. The van der Waals surface area contributed by atoms with Gasteiger partial charge in [-0.15, -0.1) is 0 Å². The molecule has 1 aromatic heterocycles. The van der Waals surface area contributed by atoms with Gasteiger partial charge in [-0.25, -0.2) is 0 Å². The van der Waals surface area contributed by atoms with Crippen LogP contribution in [-0.2, 0) is 6.42 Å². The van der Waals surface area contributed by atoms with Crippen LogP contribution in [0.2, 0.25) is 0 Å². The minimum absolute atomic E-state index is 0.845. The lowest BCUT2D eigenvalue weighted by atomic mass is 9.99. The van der Waals surface area contributed by atoms with Crippen molar-refractivity contribution in [1.29, 1.82) is 0 Å². The van der Waals surface area contributed by atoms with Gasteiger partial charge >= 0.3 is 0 Å². The van der Waals surface area contributed by atoms with Gasteiger partial charge in [0.05, 0.1) is 6.20 Å². The van der Waals surface area contributed by atoms with Gasteiger partial charge in [-0.1, -0.05) is 30.3 Å². The molecule has 2 rings (SSSR count). The molecule has 0 radical (unpaired) electrons. The molecule has 2 nitrogen and oxygen atoms in total. The fourth-order valence-corrected chi connectivity index (χ4v) is 1.69. The Balaban J connectivity index is 2.54. The Bertz CT molecular complexity index is 418. The van der Waals surface area contributed by atoms with E-state index in [1.165, 1.54) is 11.1 Å². The average Bonchev–Trinajstić information content (AvgIpc) is 2.71. The van der Waals surface area contributed by atoms with Crippen molar-refractivity contribution >= 4 is 0 Å². The molecule has 0 saturated heterocycles. The van der Waals surface area contributed by atoms with Crippen molar-refractivity contribution in [3.8, 4) is 11.3 Å². The van der Waals surface area contributed by atoms with Crippen LogP contribution in [0.15, 0.2) is 35.0 Å². The standard InChI is InChI=1S/C12H13NO/c1-3-10-5-4-6-11(9(10)2)12-7-8-13-14-12/h4-8H,3H2,1-2H3. The van der Waals surface area contributed by atoms with Crippen molar-refractivity contribution in [2.45, 2.75) is 20.3 Å². The Morgan fingerprint density at radius 1 is 1.29 bits per heavy atom. The summed E-state index contributed by atoms with van der Waals surface area (Å²) in [7, 11) is 0. The maximum Gasteiger partial charge on any atom is 0.167 e. The minimum Gasteiger partial charge on any atom is -0.356 e. The quantitative estimate of drug-likeness (QED) is 0.721. The maximum absolute atomic E-state index is 5.15. The SMILES string of the molecule is CCc1cccc(-c2ccno2)c1C. The molecule has 0 aliphatic heterocycles. The van der Waals surface area contributed by atoms with Crippen LogP contribution in [0.5, 0.6) is 0 Å². The van der Waals surface area contributed by atoms with E-state index in [2.05, 4.69) is 37.2 Å². The van der Waals surface area contributed by atoms with E-state index < -0.39 is 0 Å². The smallest absolute Gasteiger partial charge is 0.167 e. The molecule has 1 heterocycles. The second-order valence-corrected chi connectivity index (χ2v) is 3.32. The molecule has 0 spiro atoms. The first-order valence-corrected chi connectivity index (χ1v) is 4.82. The number of aromatic nitrogens is 1. The number of rotatable bonds is 2. The lowest BCUT2D eigenvalue weighted by molar-refractivity contribution is 0.432. The van der Waals surface area contributed by atoms with E-state index >= 15 is 0 Å². The van der Waals surface area contributed by atoms with Crippen LogP contribution >= 0.6 is 0 Å². The first kappa shape index (κ1) is 9.00. The van der Waals surface area contributed by atoms with Crippen molar-refractivity contribution in [3.05, 3.63) is 41.6 Å². The van der Waals surface area contributed by atoms with Gasteiger partial charge in [-0.05, 0) is 24.5 Å². The Morgan fingerprint density at radius 2 is 2.14 bits per heavy atom. The van der Waals surface area contributed by atoms with Crippen LogP contribution < -0.4 is 0 Å². The molecule has 2 aromatic rings. The van der Waals surface area contributed by atoms with Gasteiger partial charge in [0.2, 0.25) is 0 Å². The third-order valence-corrected chi connectivity index (χ3v) is 2.53. The normalized spacial score (nSPS) is 10.4. The molecule has 72 valence electrons. The van der Waals surface area contributed by atoms with Crippen molar-refractivity contribution in [2.24, 2.45) is 0 Å². The summed E-state index contributed by atoms with van der Waals surface area (Å²) in [4.78, 5) is 0. The van der Waals surface area contributed by atoms with Gasteiger partial charge in [0.25, 0.3) is 0 Å². The van der Waals surface area contributed by atoms with Crippen molar-refractivity contribution in [1.82, 2.24) is 5.16 Å². The van der Waals surface area contributed by atoms with Crippen molar-refractivity contribution in [3.63, 3.8) is 0 Å². The molecule has 0 bridgehead atoms. The van der Waals surface area contributed by atoms with Crippen molar-refractivity contribution < 1.29 is 4.52 Å². The van der Waals surface area contributed by atoms with E-state index in [4.69, 9.17) is 4.52 Å². The Hall–Kier alpha value is -1.57. The van der Waals surface area contributed by atoms with Crippen LogP contribution in [0.4, 0.5) is 0 Å². The van der Waals surface area contributed by atoms with Crippen molar-refractivity contribution in [2.75, 3.05) is 0 Å². The predicted octanol–water partition coefficient (Wildman–Crippen LogP) is 3.21. The van der Waals surface area contributed by atoms with Crippen LogP contribution in [-0.4, -0.2) is 5.16 Å². The molecule has 14 heavy (non-hydrogen) atoms. The second kappa shape index (κ2) is 3.66. The summed E-state index contributed by atoms with van der Waals surface area (Å²) in [5.41, 5.74) is 3.78. The molecule has 2 heteroatoms. The molecule has 0 aliphatic rings. The number of aryl methyl sites for hydroxylation is 1. The highest BCUT2D eigenvalue weighted by Crippen LogP contribution is 2.25. The minimum atomic E-state index is 0.845. The van der Waals surface area contributed by atoms with Crippen LogP contribution in [0, 0.1) is 6.92 Å². The second-order valence-electron chi connectivity index (χ2n) is 3.32. The first-order chi connectivity index (χ1) is 6.83. The van der Waals surface area contributed by atoms with Gasteiger partial charge in [0.15, 0.2) is 5.76 Å². The first-order valence-electron chi connectivity index (χ1n) is 4.82. The highest BCUT2D eigenvalue weighted by molar-refractivity contribution is 5.63. The maximum atomic E-state index is 5.15. The lowest BCUT2D eigenvalue weighted by Crippen LogP contribution is -1.89. The third kappa shape index (κ3) is 1.43. The highest BCUT2D eigenvalue weighted by Gasteiger charge is 2.07. The molecular formula is C12H13NO. The number of hydrogen-bond acceptors (Lipinski definition) is 2. The summed E-state index contributed by atoms with van der Waals surface area (Å²) in [5.74, 6) is 0.845. The summed E-state index contributed by atoms with van der Waals surface area (Å²) in [6.07, 6.45) is 2.72. The summed E-state index contributed by atoms with van der Waals surface area (Å²) >= 11 is 0. The zero-order valence-electron chi connectivity index (χ0n) is 8.45. The van der Waals surface area contributed by atoms with Gasteiger partial charge in [0, 0.05) is 11.6 Å². The van der Waals surface area contributed by atoms with E-state index in [-0.39, 0.29) is 0 Å². The van der Waals surface area contributed by atoms with Crippen LogP contribution in [0.25, 0.3) is 11.3 Å². The Morgan fingerprint density at radius 3 is 2.79 bits per heavy atom. The summed E-state index contributed by atoms with van der Waals surface area (Å²) in [5, 5.41) is 3.72. The van der Waals surface area contributed by atoms with E-state index in [1.807, 2.05) is 6.07 Å². The molecule has 0 unspecified atom stereocenters. The molecule has 1 aromatic carbocycles. The van der Waals surface area contributed by atoms with E-state index in [9.17, 15) is 0 Å². The molecule has 0 atom stereocenters. The molecule has 0 N–H and O–H groups in total. The topological polar surface area (TPSA) is 26.0 Å². The number of nitrogens with zero attached hydrogens (tertiary/aromatic N) is 1. The van der Waals surface area contributed by atoms with E-state index in [0.29, 0.717) is 0 Å². The van der Waals surface area contributed by atoms with Gasteiger partial charge in [-0.2, -0.15) is 0 Å². The predicted molar refractivity (Wildman–Crippen MR) is 56.1 cm³/mol. The highest BCUT2D eigenvalue weighted by atomic mass is 16.5. The fraction of sp³-hybridized carbons (Fsp3) is 0.250.